The summed E-state index contributed by atoms with van der Waals surface area (Å²) in [5.41, 5.74) is 0.235. The minimum absolute atomic E-state index is 0.235. The molecule has 0 saturated carbocycles. The predicted octanol–water partition coefficient (Wildman–Crippen LogP) is 3.46. The fourth-order valence-electron chi connectivity index (χ4n) is 3.11. The van der Waals surface area contributed by atoms with Crippen LogP contribution in [0.1, 0.15) is 52.4 Å². The highest BCUT2D eigenvalue weighted by molar-refractivity contribution is 7.99. The SMILES string of the molecule is CC(C)CCCNC1CCOC2(CCSCC2)C1. The third-order valence-corrected chi connectivity index (χ3v) is 5.27. The van der Waals surface area contributed by atoms with Crippen LogP contribution in [-0.2, 0) is 4.74 Å². The summed E-state index contributed by atoms with van der Waals surface area (Å²) in [5.74, 6) is 3.42. The Morgan fingerprint density at radius 3 is 2.83 bits per heavy atom. The molecule has 1 atom stereocenters. The van der Waals surface area contributed by atoms with Crippen molar-refractivity contribution in [2.24, 2.45) is 5.92 Å². The van der Waals surface area contributed by atoms with Crippen LogP contribution in [0.25, 0.3) is 0 Å². The normalized spacial score (nSPS) is 27.8. The first-order chi connectivity index (χ1) is 8.70. The summed E-state index contributed by atoms with van der Waals surface area (Å²) in [6, 6.07) is 0.703. The van der Waals surface area contributed by atoms with Crippen LogP contribution in [0.15, 0.2) is 0 Å². The van der Waals surface area contributed by atoms with Crippen molar-refractivity contribution in [3.63, 3.8) is 0 Å². The van der Waals surface area contributed by atoms with Crippen LogP contribution in [0.3, 0.4) is 0 Å². The maximum Gasteiger partial charge on any atom is 0.0713 e. The van der Waals surface area contributed by atoms with E-state index < -0.39 is 0 Å². The summed E-state index contributed by atoms with van der Waals surface area (Å²) < 4.78 is 6.13. The summed E-state index contributed by atoms with van der Waals surface area (Å²) >= 11 is 2.09. The molecule has 0 aromatic rings. The van der Waals surface area contributed by atoms with E-state index in [0.29, 0.717) is 6.04 Å². The molecule has 2 aliphatic rings. The van der Waals surface area contributed by atoms with E-state index in [2.05, 4.69) is 30.9 Å². The lowest BCUT2D eigenvalue weighted by Gasteiger charge is -2.43. The number of nitrogens with one attached hydrogen (secondary N) is 1. The highest BCUT2D eigenvalue weighted by atomic mass is 32.2. The van der Waals surface area contributed by atoms with Crippen molar-refractivity contribution in [1.82, 2.24) is 5.32 Å². The highest BCUT2D eigenvalue weighted by Gasteiger charge is 2.38. The Bertz CT molecular complexity index is 233. The first kappa shape index (κ1) is 14.7. The summed E-state index contributed by atoms with van der Waals surface area (Å²) in [6.45, 7) is 6.77. The van der Waals surface area contributed by atoms with Crippen LogP contribution in [0.5, 0.6) is 0 Å². The quantitative estimate of drug-likeness (QED) is 0.774. The standard InChI is InChI=1S/C15H29NOS/c1-13(2)4-3-8-16-14-5-9-17-15(12-14)6-10-18-11-7-15/h13-14,16H,3-12H2,1-2H3. The molecule has 0 aromatic heterocycles. The van der Waals surface area contributed by atoms with Crippen LogP contribution < -0.4 is 5.32 Å². The lowest BCUT2D eigenvalue weighted by molar-refractivity contribution is -0.0931. The van der Waals surface area contributed by atoms with E-state index in [0.717, 1.165) is 12.5 Å². The van der Waals surface area contributed by atoms with Crippen molar-refractivity contribution >= 4 is 11.8 Å². The maximum atomic E-state index is 6.13. The van der Waals surface area contributed by atoms with E-state index in [9.17, 15) is 0 Å². The molecule has 2 aliphatic heterocycles. The molecule has 2 nitrogen and oxygen atoms in total. The molecule has 0 aromatic carbocycles. The van der Waals surface area contributed by atoms with Gasteiger partial charge in [0.2, 0.25) is 0 Å². The van der Waals surface area contributed by atoms with Crippen LogP contribution in [-0.4, -0.2) is 36.3 Å². The van der Waals surface area contributed by atoms with Crippen molar-refractivity contribution in [1.29, 1.82) is 0 Å². The Labute approximate surface area is 117 Å². The van der Waals surface area contributed by atoms with Gasteiger partial charge >= 0.3 is 0 Å². The molecular weight excluding hydrogens is 242 g/mol. The molecule has 1 spiro atoms. The second-order valence-electron chi connectivity index (χ2n) is 6.32. The summed E-state index contributed by atoms with van der Waals surface area (Å²) in [6.07, 6.45) is 7.64. The van der Waals surface area contributed by atoms with Crippen LogP contribution in [0.4, 0.5) is 0 Å². The third-order valence-electron chi connectivity index (χ3n) is 4.29. The monoisotopic (exact) mass is 271 g/mol. The molecule has 0 amide bonds. The maximum absolute atomic E-state index is 6.13. The van der Waals surface area contributed by atoms with Crippen LogP contribution >= 0.6 is 11.8 Å². The predicted molar refractivity (Wildman–Crippen MR) is 80.3 cm³/mol. The lowest BCUT2D eigenvalue weighted by Crippen LogP contribution is -2.49. The second kappa shape index (κ2) is 7.16. The first-order valence-electron chi connectivity index (χ1n) is 7.65. The zero-order chi connectivity index (χ0) is 12.8. The van der Waals surface area contributed by atoms with Gasteiger partial charge in [0.05, 0.1) is 5.60 Å². The molecule has 2 fully saturated rings. The van der Waals surface area contributed by atoms with Crippen molar-refractivity contribution in [2.45, 2.75) is 64.0 Å². The Kier molecular flexibility index (Phi) is 5.84. The molecule has 0 radical (unpaired) electrons. The van der Waals surface area contributed by atoms with Gasteiger partial charge in [-0.2, -0.15) is 11.8 Å². The second-order valence-corrected chi connectivity index (χ2v) is 7.55. The highest BCUT2D eigenvalue weighted by Crippen LogP contribution is 2.37. The van der Waals surface area contributed by atoms with E-state index in [4.69, 9.17) is 4.74 Å². The molecule has 2 heterocycles. The molecule has 0 bridgehead atoms. The van der Waals surface area contributed by atoms with Crippen molar-refractivity contribution in [2.75, 3.05) is 24.7 Å². The average molecular weight is 271 g/mol. The average Bonchev–Trinajstić information content (AvgIpc) is 2.36. The van der Waals surface area contributed by atoms with Gasteiger partial charge in [0.1, 0.15) is 0 Å². The molecule has 18 heavy (non-hydrogen) atoms. The topological polar surface area (TPSA) is 21.3 Å². The number of hydrogen-bond donors (Lipinski definition) is 1. The largest absolute Gasteiger partial charge is 0.375 e. The van der Waals surface area contributed by atoms with Crippen molar-refractivity contribution in [3.05, 3.63) is 0 Å². The fourth-order valence-corrected chi connectivity index (χ4v) is 4.35. The number of ether oxygens (including phenoxy) is 1. The van der Waals surface area contributed by atoms with Crippen LogP contribution in [0.2, 0.25) is 0 Å². The van der Waals surface area contributed by atoms with Gasteiger partial charge in [0.15, 0.2) is 0 Å². The molecule has 2 saturated heterocycles. The van der Waals surface area contributed by atoms with E-state index in [1.807, 2.05) is 0 Å². The number of rotatable bonds is 5. The molecule has 106 valence electrons. The summed E-state index contributed by atoms with van der Waals surface area (Å²) in [5, 5.41) is 3.76. The number of thioether (sulfide) groups is 1. The van der Waals surface area contributed by atoms with Crippen LogP contribution in [0, 0.1) is 5.92 Å². The zero-order valence-corrected chi connectivity index (χ0v) is 12.9. The minimum atomic E-state index is 0.235. The van der Waals surface area contributed by atoms with Gasteiger partial charge in [0.25, 0.3) is 0 Å². The van der Waals surface area contributed by atoms with Crippen molar-refractivity contribution in [3.8, 4) is 0 Å². The zero-order valence-electron chi connectivity index (χ0n) is 12.0. The van der Waals surface area contributed by atoms with Gasteiger partial charge in [-0.1, -0.05) is 13.8 Å². The van der Waals surface area contributed by atoms with Gasteiger partial charge in [0, 0.05) is 12.6 Å². The van der Waals surface area contributed by atoms with Gasteiger partial charge in [-0.25, -0.2) is 0 Å². The van der Waals surface area contributed by atoms with Crippen molar-refractivity contribution < 1.29 is 4.74 Å². The molecule has 1 N–H and O–H groups in total. The Balaban J connectivity index is 1.69. The summed E-state index contributed by atoms with van der Waals surface area (Å²) in [7, 11) is 0. The fraction of sp³-hybridized carbons (Fsp3) is 1.00. The first-order valence-corrected chi connectivity index (χ1v) is 8.81. The van der Waals surface area contributed by atoms with E-state index in [1.54, 1.807) is 0 Å². The smallest absolute Gasteiger partial charge is 0.0713 e. The molecule has 1 unspecified atom stereocenters. The van der Waals surface area contributed by atoms with E-state index >= 15 is 0 Å². The van der Waals surface area contributed by atoms with Gasteiger partial charge in [-0.3, -0.25) is 0 Å². The van der Waals surface area contributed by atoms with Gasteiger partial charge in [-0.05, 0) is 62.5 Å². The van der Waals surface area contributed by atoms with Gasteiger partial charge < -0.3 is 10.1 Å². The summed E-state index contributed by atoms with van der Waals surface area (Å²) in [4.78, 5) is 0. The molecular formula is C15H29NOS. The Hall–Kier alpha value is 0.270. The molecule has 2 rings (SSSR count). The molecule has 0 aliphatic carbocycles. The van der Waals surface area contributed by atoms with E-state index in [-0.39, 0.29) is 5.60 Å². The lowest BCUT2D eigenvalue weighted by atomic mass is 9.85. The Morgan fingerprint density at radius 2 is 2.11 bits per heavy atom. The third kappa shape index (κ3) is 4.43. The van der Waals surface area contributed by atoms with Gasteiger partial charge in [-0.15, -0.1) is 0 Å². The molecule has 3 heteroatoms. The van der Waals surface area contributed by atoms with E-state index in [1.165, 1.54) is 56.6 Å². The minimum Gasteiger partial charge on any atom is -0.375 e. The Morgan fingerprint density at radius 1 is 1.33 bits per heavy atom. The number of hydrogen-bond acceptors (Lipinski definition) is 3.